The van der Waals surface area contributed by atoms with Crippen LogP contribution in [0.1, 0.15) is 66.7 Å². The monoisotopic (exact) mass is 312 g/mol. The van der Waals surface area contributed by atoms with Gasteiger partial charge in [0.1, 0.15) is 0 Å². The molecule has 0 fully saturated rings. The second-order valence-electron chi connectivity index (χ2n) is 6.56. The summed E-state index contributed by atoms with van der Waals surface area (Å²) in [4.78, 5) is 16.2. The average Bonchev–Trinajstić information content (AvgIpc) is 2.48. The topological polar surface area (TPSA) is 65.5 Å². The van der Waals surface area contributed by atoms with E-state index in [1.54, 1.807) is 7.05 Å². The van der Waals surface area contributed by atoms with Crippen LogP contribution in [-0.4, -0.2) is 38.0 Å². The molecule has 1 amide bonds. The fourth-order valence-corrected chi connectivity index (χ4v) is 2.16. The van der Waals surface area contributed by atoms with E-state index in [0.717, 1.165) is 12.4 Å². The van der Waals surface area contributed by atoms with Gasteiger partial charge in [0.25, 0.3) is 0 Å². The van der Waals surface area contributed by atoms with E-state index in [9.17, 15) is 4.79 Å². The lowest BCUT2D eigenvalue weighted by atomic mass is 9.92. The van der Waals surface area contributed by atoms with Crippen molar-refractivity contribution in [3.05, 3.63) is 0 Å². The third kappa shape index (κ3) is 8.90. The van der Waals surface area contributed by atoms with Crippen LogP contribution in [0.4, 0.5) is 0 Å². The smallest absolute Gasteiger partial charge is 0.227 e. The molecule has 0 bridgehead atoms. The van der Waals surface area contributed by atoms with Gasteiger partial charge in [0.05, 0.1) is 5.41 Å². The standard InChI is InChI=1S/C17H36N4O/c1-7-9-10-11-12-14(3)21-16(18-6)20-13-17(4,5)15(22)19-8-2/h14H,7-13H2,1-6H3,(H,19,22)(H2,18,20,21). The number of carbonyl (C=O) groups excluding carboxylic acids is 1. The van der Waals surface area contributed by atoms with Crippen molar-refractivity contribution in [2.24, 2.45) is 10.4 Å². The number of nitrogens with one attached hydrogen (secondary N) is 3. The van der Waals surface area contributed by atoms with E-state index in [4.69, 9.17) is 0 Å². The summed E-state index contributed by atoms with van der Waals surface area (Å²) in [6.45, 7) is 11.4. The maximum absolute atomic E-state index is 12.0. The molecule has 0 aliphatic rings. The number of rotatable bonds is 10. The number of carbonyl (C=O) groups is 1. The van der Waals surface area contributed by atoms with E-state index in [0.29, 0.717) is 19.1 Å². The van der Waals surface area contributed by atoms with Gasteiger partial charge in [-0.05, 0) is 34.1 Å². The summed E-state index contributed by atoms with van der Waals surface area (Å²) in [6, 6.07) is 0.385. The molecule has 130 valence electrons. The molecule has 0 aromatic heterocycles. The van der Waals surface area contributed by atoms with Gasteiger partial charge in [-0.15, -0.1) is 0 Å². The Balaban J connectivity index is 4.18. The summed E-state index contributed by atoms with van der Waals surface area (Å²) in [6.07, 6.45) is 6.24. The van der Waals surface area contributed by atoms with E-state index in [-0.39, 0.29) is 5.91 Å². The van der Waals surface area contributed by atoms with Crippen molar-refractivity contribution < 1.29 is 4.79 Å². The van der Waals surface area contributed by atoms with Crippen LogP contribution in [0.3, 0.4) is 0 Å². The van der Waals surface area contributed by atoms with Crippen LogP contribution in [-0.2, 0) is 4.79 Å². The van der Waals surface area contributed by atoms with Crippen molar-refractivity contribution in [2.45, 2.75) is 72.8 Å². The number of nitrogens with zero attached hydrogens (tertiary/aromatic N) is 1. The second kappa shape index (κ2) is 11.3. The number of aliphatic imine (C=N–C) groups is 1. The molecule has 0 rings (SSSR count). The molecule has 0 aliphatic heterocycles. The summed E-state index contributed by atoms with van der Waals surface area (Å²) in [5.74, 6) is 0.825. The first kappa shape index (κ1) is 20.7. The molecule has 0 saturated carbocycles. The minimum atomic E-state index is -0.460. The highest BCUT2D eigenvalue weighted by atomic mass is 16.2. The molecule has 0 saturated heterocycles. The highest BCUT2D eigenvalue weighted by Gasteiger charge is 2.27. The number of amides is 1. The van der Waals surface area contributed by atoms with Crippen LogP contribution in [0.5, 0.6) is 0 Å². The maximum Gasteiger partial charge on any atom is 0.227 e. The molecule has 5 heteroatoms. The lowest BCUT2D eigenvalue weighted by Gasteiger charge is -2.26. The Bertz CT molecular complexity index is 340. The van der Waals surface area contributed by atoms with Crippen LogP contribution in [0.15, 0.2) is 4.99 Å². The van der Waals surface area contributed by atoms with Crippen molar-refractivity contribution in [2.75, 3.05) is 20.1 Å². The Labute approximate surface area is 136 Å². The van der Waals surface area contributed by atoms with E-state index in [2.05, 4.69) is 34.8 Å². The van der Waals surface area contributed by atoms with E-state index in [1.807, 2.05) is 20.8 Å². The van der Waals surface area contributed by atoms with Crippen molar-refractivity contribution in [1.82, 2.24) is 16.0 Å². The molecule has 0 radical (unpaired) electrons. The van der Waals surface area contributed by atoms with Gasteiger partial charge in [0.15, 0.2) is 5.96 Å². The SMILES string of the molecule is CCCCCCC(C)NC(=NC)NCC(C)(C)C(=O)NCC. The fourth-order valence-electron chi connectivity index (χ4n) is 2.16. The molecule has 5 nitrogen and oxygen atoms in total. The molecule has 0 aliphatic carbocycles. The van der Waals surface area contributed by atoms with Gasteiger partial charge in [-0.3, -0.25) is 9.79 Å². The Morgan fingerprint density at radius 2 is 1.82 bits per heavy atom. The van der Waals surface area contributed by atoms with Gasteiger partial charge in [-0.1, -0.05) is 32.6 Å². The Morgan fingerprint density at radius 3 is 2.36 bits per heavy atom. The van der Waals surface area contributed by atoms with Gasteiger partial charge in [-0.2, -0.15) is 0 Å². The molecular weight excluding hydrogens is 276 g/mol. The minimum Gasteiger partial charge on any atom is -0.356 e. The third-order valence-corrected chi connectivity index (χ3v) is 3.75. The highest BCUT2D eigenvalue weighted by molar-refractivity contribution is 5.84. The summed E-state index contributed by atoms with van der Waals surface area (Å²) >= 11 is 0. The van der Waals surface area contributed by atoms with Crippen molar-refractivity contribution in [3.8, 4) is 0 Å². The molecule has 0 aromatic rings. The quantitative estimate of drug-likeness (QED) is 0.330. The molecule has 1 atom stereocenters. The van der Waals surface area contributed by atoms with Crippen LogP contribution in [0.2, 0.25) is 0 Å². The largest absolute Gasteiger partial charge is 0.356 e. The first-order chi connectivity index (χ1) is 10.4. The number of hydrogen-bond donors (Lipinski definition) is 3. The van der Waals surface area contributed by atoms with E-state index < -0.39 is 5.41 Å². The summed E-state index contributed by atoms with van der Waals surface area (Å²) in [5.41, 5.74) is -0.460. The maximum atomic E-state index is 12.0. The van der Waals surface area contributed by atoms with Crippen LogP contribution in [0.25, 0.3) is 0 Å². The first-order valence-corrected chi connectivity index (χ1v) is 8.62. The molecule has 3 N–H and O–H groups in total. The van der Waals surface area contributed by atoms with Gasteiger partial charge in [0, 0.05) is 26.2 Å². The number of guanidine groups is 1. The van der Waals surface area contributed by atoms with Crippen molar-refractivity contribution in [1.29, 1.82) is 0 Å². The molecule has 1 unspecified atom stereocenters. The number of unbranched alkanes of at least 4 members (excludes halogenated alkanes) is 3. The molecule has 0 aromatic carbocycles. The Hall–Kier alpha value is -1.26. The predicted molar refractivity (Wildman–Crippen MR) is 95.2 cm³/mol. The zero-order valence-corrected chi connectivity index (χ0v) is 15.4. The first-order valence-electron chi connectivity index (χ1n) is 8.62. The lowest BCUT2D eigenvalue weighted by Crippen LogP contribution is -2.49. The normalized spacial score (nSPS) is 13.6. The second-order valence-corrected chi connectivity index (χ2v) is 6.56. The summed E-state index contributed by atoms with van der Waals surface area (Å²) < 4.78 is 0. The van der Waals surface area contributed by atoms with Crippen molar-refractivity contribution in [3.63, 3.8) is 0 Å². The third-order valence-electron chi connectivity index (χ3n) is 3.75. The minimum absolute atomic E-state index is 0.0607. The Kier molecular flexibility index (Phi) is 10.7. The van der Waals surface area contributed by atoms with Gasteiger partial charge in [-0.25, -0.2) is 0 Å². The zero-order valence-electron chi connectivity index (χ0n) is 15.4. The molecular formula is C17H36N4O. The van der Waals surface area contributed by atoms with Gasteiger partial charge >= 0.3 is 0 Å². The van der Waals surface area contributed by atoms with Crippen LogP contribution >= 0.6 is 0 Å². The fraction of sp³-hybridized carbons (Fsp3) is 0.882. The summed E-state index contributed by atoms with van der Waals surface area (Å²) in [5, 5.41) is 9.52. The lowest BCUT2D eigenvalue weighted by molar-refractivity contribution is -0.128. The van der Waals surface area contributed by atoms with Gasteiger partial charge < -0.3 is 16.0 Å². The van der Waals surface area contributed by atoms with Crippen LogP contribution < -0.4 is 16.0 Å². The molecule has 0 spiro atoms. The van der Waals surface area contributed by atoms with Gasteiger partial charge in [0.2, 0.25) is 5.91 Å². The van der Waals surface area contributed by atoms with E-state index >= 15 is 0 Å². The predicted octanol–water partition coefficient (Wildman–Crippen LogP) is 2.67. The van der Waals surface area contributed by atoms with Crippen LogP contribution in [0, 0.1) is 5.41 Å². The number of hydrogen-bond acceptors (Lipinski definition) is 2. The van der Waals surface area contributed by atoms with Crippen molar-refractivity contribution >= 4 is 11.9 Å². The zero-order chi connectivity index (χ0) is 17.0. The van der Waals surface area contributed by atoms with E-state index in [1.165, 1.54) is 25.7 Å². The molecule has 0 heterocycles. The average molecular weight is 313 g/mol. The molecule has 22 heavy (non-hydrogen) atoms. The highest BCUT2D eigenvalue weighted by Crippen LogP contribution is 2.13. The summed E-state index contributed by atoms with van der Waals surface area (Å²) in [7, 11) is 1.76. The Morgan fingerprint density at radius 1 is 1.14 bits per heavy atom.